The van der Waals surface area contributed by atoms with Gasteiger partial charge >= 0.3 is 5.97 Å². The zero-order valence-electron chi connectivity index (χ0n) is 8.51. The van der Waals surface area contributed by atoms with Crippen LogP contribution in [0.3, 0.4) is 0 Å². The van der Waals surface area contributed by atoms with Gasteiger partial charge in [-0.2, -0.15) is 0 Å². The summed E-state index contributed by atoms with van der Waals surface area (Å²) in [7, 11) is 0. The summed E-state index contributed by atoms with van der Waals surface area (Å²) < 4.78 is 5.32. The summed E-state index contributed by atoms with van der Waals surface area (Å²) in [4.78, 5) is 10.5. The van der Waals surface area contributed by atoms with E-state index < -0.39 is 12.1 Å². The number of aliphatic hydroxyl groups excluding tert-OH is 1. The van der Waals surface area contributed by atoms with Crippen LogP contribution in [-0.2, 0) is 4.79 Å². The summed E-state index contributed by atoms with van der Waals surface area (Å²) >= 11 is 0. The molecule has 15 heavy (non-hydrogen) atoms. The maximum Gasteiger partial charge on any atom is 0.337 e. The third-order valence-electron chi connectivity index (χ3n) is 1.88. The van der Waals surface area contributed by atoms with E-state index in [1.54, 1.807) is 18.2 Å². The zero-order valence-corrected chi connectivity index (χ0v) is 8.51. The minimum Gasteiger partial charge on any atom is -0.494 e. The first kappa shape index (κ1) is 11.5. The molecule has 0 radical (unpaired) electrons. The third kappa shape index (κ3) is 3.25. The molecule has 82 valence electrons. The number of benzene rings is 1. The summed E-state index contributed by atoms with van der Waals surface area (Å²) in [5, 5.41) is 17.9. The summed E-state index contributed by atoms with van der Waals surface area (Å²) in [6.45, 7) is 2.56. The minimum absolute atomic E-state index is 0.330. The number of ether oxygens (including phenoxy) is 1. The molecule has 1 atom stereocenters. The lowest BCUT2D eigenvalue weighted by Gasteiger charge is -2.08. The molecule has 4 heteroatoms. The van der Waals surface area contributed by atoms with Gasteiger partial charge in [0.25, 0.3) is 0 Å². The normalized spacial score (nSPS) is 12.1. The number of hydrogen-bond acceptors (Lipinski definition) is 3. The van der Waals surface area contributed by atoms with Gasteiger partial charge in [-0.3, -0.25) is 0 Å². The SMILES string of the molecule is CCCOc1cccc([C@@H](O)C(=O)O)c1. The van der Waals surface area contributed by atoms with Crippen molar-refractivity contribution in [1.82, 2.24) is 0 Å². The van der Waals surface area contributed by atoms with E-state index in [9.17, 15) is 9.90 Å². The third-order valence-corrected chi connectivity index (χ3v) is 1.88. The molecule has 0 amide bonds. The van der Waals surface area contributed by atoms with Gasteiger partial charge in [0.2, 0.25) is 0 Å². The first-order valence-corrected chi connectivity index (χ1v) is 4.78. The molecular formula is C11H14O4. The van der Waals surface area contributed by atoms with Crippen LogP contribution >= 0.6 is 0 Å². The predicted octanol–water partition coefficient (Wildman–Crippen LogP) is 1.59. The summed E-state index contributed by atoms with van der Waals surface area (Å²) in [5.74, 6) is -0.683. The van der Waals surface area contributed by atoms with E-state index >= 15 is 0 Å². The number of carboxylic acids is 1. The van der Waals surface area contributed by atoms with E-state index in [1.165, 1.54) is 6.07 Å². The molecule has 0 aliphatic carbocycles. The standard InChI is InChI=1S/C11H14O4/c1-2-6-15-9-5-3-4-8(7-9)10(12)11(13)14/h3-5,7,10,12H,2,6H2,1H3,(H,13,14)/t10-/m1/s1. The monoisotopic (exact) mass is 210 g/mol. The molecule has 0 saturated heterocycles. The van der Waals surface area contributed by atoms with Crippen molar-refractivity contribution in [2.75, 3.05) is 6.61 Å². The Morgan fingerprint density at radius 3 is 2.87 bits per heavy atom. The first-order chi connectivity index (χ1) is 7.15. The molecule has 0 fully saturated rings. The molecule has 0 saturated carbocycles. The van der Waals surface area contributed by atoms with Crippen LogP contribution in [0.2, 0.25) is 0 Å². The summed E-state index contributed by atoms with van der Waals surface area (Å²) in [5.41, 5.74) is 0.330. The second kappa shape index (κ2) is 5.36. The molecule has 0 aliphatic rings. The van der Waals surface area contributed by atoms with E-state index in [0.717, 1.165) is 6.42 Å². The Balaban J connectivity index is 2.77. The maximum atomic E-state index is 10.5. The van der Waals surface area contributed by atoms with Gasteiger partial charge < -0.3 is 14.9 Å². The van der Waals surface area contributed by atoms with Crippen molar-refractivity contribution in [1.29, 1.82) is 0 Å². The van der Waals surface area contributed by atoms with Gasteiger partial charge in [-0.05, 0) is 24.1 Å². The van der Waals surface area contributed by atoms with E-state index in [0.29, 0.717) is 17.9 Å². The molecular weight excluding hydrogens is 196 g/mol. The highest BCUT2D eigenvalue weighted by atomic mass is 16.5. The van der Waals surface area contributed by atoms with Gasteiger partial charge in [0.05, 0.1) is 6.61 Å². The van der Waals surface area contributed by atoms with Crippen molar-refractivity contribution in [3.8, 4) is 5.75 Å². The Bertz CT molecular complexity index is 335. The van der Waals surface area contributed by atoms with Gasteiger partial charge in [0, 0.05) is 0 Å². The average molecular weight is 210 g/mol. The van der Waals surface area contributed by atoms with Crippen LogP contribution in [0.4, 0.5) is 0 Å². The Morgan fingerprint density at radius 1 is 1.53 bits per heavy atom. The van der Waals surface area contributed by atoms with Crippen molar-refractivity contribution < 1.29 is 19.7 Å². The van der Waals surface area contributed by atoms with Crippen LogP contribution in [0.25, 0.3) is 0 Å². The fourth-order valence-corrected chi connectivity index (χ4v) is 1.14. The van der Waals surface area contributed by atoms with Crippen LogP contribution in [0.5, 0.6) is 5.75 Å². The number of aliphatic hydroxyl groups is 1. The lowest BCUT2D eigenvalue weighted by molar-refractivity contribution is -0.146. The van der Waals surface area contributed by atoms with Crippen LogP contribution in [-0.4, -0.2) is 22.8 Å². The van der Waals surface area contributed by atoms with E-state index in [4.69, 9.17) is 9.84 Å². The first-order valence-electron chi connectivity index (χ1n) is 4.78. The number of carboxylic acid groups (broad SMARTS) is 1. The van der Waals surface area contributed by atoms with Crippen LogP contribution in [0.1, 0.15) is 25.0 Å². The Kier molecular flexibility index (Phi) is 4.12. The maximum absolute atomic E-state index is 10.5. The number of hydrogen-bond donors (Lipinski definition) is 2. The molecule has 0 aliphatic heterocycles. The minimum atomic E-state index is -1.49. The smallest absolute Gasteiger partial charge is 0.337 e. The summed E-state index contributed by atoms with van der Waals surface area (Å²) in [6, 6.07) is 6.48. The molecule has 1 aromatic rings. The second-order valence-corrected chi connectivity index (χ2v) is 3.16. The Hall–Kier alpha value is -1.55. The van der Waals surface area contributed by atoms with Gasteiger partial charge in [-0.15, -0.1) is 0 Å². The van der Waals surface area contributed by atoms with Crippen LogP contribution in [0.15, 0.2) is 24.3 Å². The predicted molar refractivity (Wildman–Crippen MR) is 54.8 cm³/mol. The van der Waals surface area contributed by atoms with Crippen molar-refractivity contribution in [2.45, 2.75) is 19.4 Å². The van der Waals surface area contributed by atoms with Crippen molar-refractivity contribution in [3.63, 3.8) is 0 Å². The molecule has 2 N–H and O–H groups in total. The highest BCUT2D eigenvalue weighted by Gasteiger charge is 2.15. The van der Waals surface area contributed by atoms with Crippen molar-refractivity contribution in [2.24, 2.45) is 0 Å². The molecule has 0 heterocycles. The van der Waals surface area contributed by atoms with Gasteiger partial charge in [0.15, 0.2) is 6.10 Å². The Morgan fingerprint density at radius 2 is 2.27 bits per heavy atom. The fraction of sp³-hybridized carbons (Fsp3) is 0.364. The van der Waals surface area contributed by atoms with E-state index in [1.807, 2.05) is 6.92 Å². The molecule has 4 nitrogen and oxygen atoms in total. The Labute approximate surface area is 88.1 Å². The molecule has 0 unspecified atom stereocenters. The largest absolute Gasteiger partial charge is 0.494 e. The quantitative estimate of drug-likeness (QED) is 0.774. The van der Waals surface area contributed by atoms with Crippen LogP contribution < -0.4 is 4.74 Å². The lowest BCUT2D eigenvalue weighted by Crippen LogP contribution is -2.10. The van der Waals surface area contributed by atoms with E-state index in [2.05, 4.69) is 0 Å². The second-order valence-electron chi connectivity index (χ2n) is 3.16. The molecule has 0 spiro atoms. The molecule has 0 bridgehead atoms. The molecule has 1 aromatic carbocycles. The van der Waals surface area contributed by atoms with Crippen molar-refractivity contribution >= 4 is 5.97 Å². The van der Waals surface area contributed by atoms with E-state index in [-0.39, 0.29) is 0 Å². The van der Waals surface area contributed by atoms with Gasteiger partial charge in [0.1, 0.15) is 5.75 Å². The van der Waals surface area contributed by atoms with Crippen molar-refractivity contribution in [3.05, 3.63) is 29.8 Å². The lowest BCUT2D eigenvalue weighted by atomic mass is 10.1. The van der Waals surface area contributed by atoms with Gasteiger partial charge in [-0.1, -0.05) is 19.1 Å². The number of rotatable bonds is 5. The highest BCUT2D eigenvalue weighted by molar-refractivity contribution is 5.74. The number of carbonyl (C=O) groups is 1. The molecule has 0 aromatic heterocycles. The zero-order chi connectivity index (χ0) is 11.3. The fourth-order valence-electron chi connectivity index (χ4n) is 1.14. The highest BCUT2D eigenvalue weighted by Crippen LogP contribution is 2.19. The average Bonchev–Trinajstić information content (AvgIpc) is 2.25. The number of aliphatic carboxylic acids is 1. The topological polar surface area (TPSA) is 66.8 Å². The van der Waals surface area contributed by atoms with Crippen LogP contribution in [0, 0.1) is 0 Å². The molecule has 1 rings (SSSR count). The summed E-state index contributed by atoms with van der Waals surface area (Å²) in [6.07, 6.45) is -0.610. The van der Waals surface area contributed by atoms with Gasteiger partial charge in [-0.25, -0.2) is 4.79 Å².